The molecular weight excluding hydrogens is 374 g/mol. The van der Waals surface area contributed by atoms with Gasteiger partial charge in [0.2, 0.25) is 11.8 Å². The number of amides is 3. The monoisotopic (exact) mass is 399 g/mol. The number of hydrogen-bond donors (Lipinski definition) is 2. The normalized spacial score (nSPS) is 10.1. The zero-order valence-corrected chi connectivity index (χ0v) is 16.5. The molecule has 2 aromatic rings. The van der Waals surface area contributed by atoms with E-state index in [9.17, 15) is 14.4 Å². The van der Waals surface area contributed by atoms with E-state index in [2.05, 4.69) is 5.32 Å². The number of benzene rings is 2. The summed E-state index contributed by atoms with van der Waals surface area (Å²) < 4.78 is 10.7. The van der Waals surface area contributed by atoms with Crippen LogP contribution in [0.3, 0.4) is 0 Å². The molecule has 2 aromatic carbocycles. The van der Waals surface area contributed by atoms with Crippen LogP contribution in [0.2, 0.25) is 0 Å². The second-order valence-corrected chi connectivity index (χ2v) is 6.24. The zero-order valence-electron chi connectivity index (χ0n) is 16.5. The SMILES string of the molecule is CCCN(CC(=O)Nc1ccccc1OC)C(=O)COc1ccc(C(N)=O)cc1. The molecule has 0 heterocycles. The number of hydrogen-bond acceptors (Lipinski definition) is 5. The molecule has 29 heavy (non-hydrogen) atoms. The minimum atomic E-state index is -0.539. The van der Waals surface area contributed by atoms with Crippen LogP contribution in [0.15, 0.2) is 48.5 Å². The minimum Gasteiger partial charge on any atom is -0.495 e. The summed E-state index contributed by atoms with van der Waals surface area (Å²) in [6, 6.07) is 13.2. The van der Waals surface area contributed by atoms with Crippen LogP contribution in [0.5, 0.6) is 11.5 Å². The molecule has 0 aliphatic carbocycles. The molecular formula is C21H25N3O5. The van der Waals surface area contributed by atoms with Gasteiger partial charge in [0.25, 0.3) is 5.91 Å². The van der Waals surface area contributed by atoms with Gasteiger partial charge in [-0.2, -0.15) is 0 Å². The van der Waals surface area contributed by atoms with E-state index in [-0.39, 0.29) is 25.0 Å². The molecule has 0 fully saturated rings. The number of carbonyl (C=O) groups excluding carboxylic acids is 3. The van der Waals surface area contributed by atoms with Gasteiger partial charge in [-0.3, -0.25) is 14.4 Å². The van der Waals surface area contributed by atoms with Gasteiger partial charge in [-0.25, -0.2) is 0 Å². The van der Waals surface area contributed by atoms with Gasteiger partial charge in [-0.1, -0.05) is 19.1 Å². The smallest absolute Gasteiger partial charge is 0.260 e. The number of ether oxygens (including phenoxy) is 2. The van der Waals surface area contributed by atoms with E-state index in [4.69, 9.17) is 15.2 Å². The molecule has 3 N–H and O–H groups in total. The number of para-hydroxylation sites is 2. The van der Waals surface area contributed by atoms with Gasteiger partial charge in [0.05, 0.1) is 19.3 Å². The lowest BCUT2D eigenvalue weighted by Gasteiger charge is -2.22. The molecule has 0 aliphatic heterocycles. The summed E-state index contributed by atoms with van der Waals surface area (Å²) in [4.78, 5) is 37.4. The minimum absolute atomic E-state index is 0.102. The van der Waals surface area contributed by atoms with Crippen molar-refractivity contribution >= 4 is 23.4 Å². The Kier molecular flexibility index (Phi) is 8.02. The highest BCUT2D eigenvalue weighted by Crippen LogP contribution is 2.22. The summed E-state index contributed by atoms with van der Waals surface area (Å²) in [6.07, 6.45) is 0.695. The van der Waals surface area contributed by atoms with Gasteiger partial charge in [0.15, 0.2) is 6.61 Å². The van der Waals surface area contributed by atoms with E-state index in [0.29, 0.717) is 35.7 Å². The van der Waals surface area contributed by atoms with Crippen LogP contribution in [-0.4, -0.2) is 49.4 Å². The summed E-state index contributed by atoms with van der Waals surface area (Å²) in [6.45, 7) is 2.01. The van der Waals surface area contributed by atoms with Gasteiger partial charge in [-0.05, 0) is 42.8 Å². The first-order chi connectivity index (χ1) is 13.9. The molecule has 0 atom stereocenters. The summed E-state index contributed by atoms with van der Waals surface area (Å²) in [5, 5.41) is 2.75. The number of nitrogens with two attached hydrogens (primary N) is 1. The number of carbonyl (C=O) groups is 3. The first-order valence-corrected chi connectivity index (χ1v) is 9.18. The highest BCUT2D eigenvalue weighted by molar-refractivity contribution is 5.96. The van der Waals surface area contributed by atoms with Crippen molar-refractivity contribution in [2.45, 2.75) is 13.3 Å². The van der Waals surface area contributed by atoms with E-state index >= 15 is 0 Å². The van der Waals surface area contributed by atoms with Crippen LogP contribution in [0.1, 0.15) is 23.7 Å². The third kappa shape index (κ3) is 6.53. The van der Waals surface area contributed by atoms with E-state index in [0.717, 1.165) is 0 Å². The van der Waals surface area contributed by atoms with Crippen molar-refractivity contribution in [2.75, 3.05) is 32.1 Å². The Morgan fingerprint density at radius 3 is 2.38 bits per heavy atom. The maximum absolute atomic E-state index is 12.5. The van der Waals surface area contributed by atoms with Crippen molar-refractivity contribution in [2.24, 2.45) is 5.73 Å². The van der Waals surface area contributed by atoms with Gasteiger partial charge in [0.1, 0.15) is 11.5 Å². The Bertz CT molecular complexity index is 852. The summed E-state index contributed by atoms with van der Waals surface area (Å²) in [5.41, 5.74) is 6.08. The van der Waals surface area contributed by atoms with Gasteiger partial charge in [0, 0.05) is 12.1 Å². The van der Waals surface area contributed by atoms with Crippen LogP contribution in [-0.2, 0) is 9.59 Å². The fourth-order valence-corrected chi connectivity index (χ4v) is 2.62. The molecule has 8 nitrogen and oxygen atoms in total. The Hall–Kier alpha value is -3.55. The Morgan fingerprint density at radius 1 is 1.07 bits per heavy atom. The van der Waals surface area contributed by atoms with Crippen molar-refractivity contribution in [3.63, 3.8) is 0 Å². The van der Waals surface area contributed by atoms with Crippen molar-refractivity contribution in [3.05, 3.63) is 54.1 Å². The van der Waals surface area contributed by atoms with Crippen molar-refractivity contribution in [1.29, 1.82) is 0 Å². The summed E-state index contributed by atoms with van der Waals surface area (Å²) in [7, 11) is 1.52. The molecule has 0 aliphatic rings. The summed E-state index contributed by atoms with van der Waals surface area (Å²) >= 11 is 0. The third-order valence-electron chi connectivity index (χ3n) is 4.06. The first kappa shape index (κ1) is 21.7. The number of primary amides is 1. The predicted octanol–water partition coefficient (Wildman–Crippen LogP) is 2.05. The molecule has 0 saturated heterocycles. The lowest BCUT2D eigenvalue weighted by atomic mass is 10.2. The molecule has 0 aromatic heterocycles. The topological polar surface area (TPSA) is 111 Å². The van der Waals surface area contributed by atoms with E-state index in [1.54, 1.807) is 36.4 Å². The van der Waals surface area contributed by atoms with Crippen molar-refractivity contribution < 1.29 is 23.9 Å². The molecule has 0 radical (unpaired) electrons. The van der Waals surface area contributed by atoms with Gasteiger partial charge in [-0.15, -0.1) is 0 Å². The fraction of sp³-hybridized carbons (Fsp3) is 0.286. The standard InChI is InChI=1S/C21H25N3O5/c1-3-12-24(13-19(25)23-17-6-4-5-7-18(17)28-2)20(26)14-29-16-10-8-15(9-11-16)21(22)27/h4-11H,3,12-14H2,1-2H3,(H2,22,27)(H,23,25). The Balaban J connectivity index is 1.94. The Labute approximate surface area is 169 Å². The number of nitrogens with zero attached hydrogens (tertiary/aromatic N) is 1. The van der Waals surface area contributed by atoms with Crippen LogP contribution in [0.4, 0.5) is 5.69 Å². The van der Waals surface area contributed by atoms with Crippen LogP contribution < -0.4 is 20.5 Å². The van der Waals surface area contributed by atoms with E-state index in [1.807, 2.05) is 6.92 Å². The Morgan fingerprint density at radius 2 is 1.76 bits per heavy atom. The second-order valence-electron chi connectivity index (χ2n) is 6.24. The van der Waals surface area contributed by atoms with Crippen molar-refractivity contribution in [1.82, 2.24) is 4.90 Å². The molecule has 0 spiro atoms. The van der Waals surface area contributed by atoms with Crippen molar-refractivity contribution in [3.8, 4) is 11.5 Å². The maximum atomic E-state index is 12.5. The quantitative estimate of drug-likeness (QED) is 0.635. The zero-order chi connectivity index (χ0) is 21.2. The molecule has 154 valence electrons. The number of rotatable bonds is 10. The average Bonchev–Trinajstić information content (AvgIpc) is 2.72. The van der Waals surface area contributed by atoms with Crippen LogP contribution in [0, 0.1) is 0 Å². The van der Waals surface area contributed by atoms with Crippen LogP contribution >= 0.6 is 0 Å². The third-order valence-corrected chi connectivity index (χ3v) is 4.06. The predicted molar refractivity (Wildman–Crippen MR) is 109 cm³/mol. The lowest BCUT2D eigenvalue weighted by Crippen LogP contribution is -2.41. The highest BCUT2D eigenvalue weighted by Gasteiger charge is 2.18. The van der Waals surface area contributed by atoms with Crippen LogP contribution in [0.25, 0.3) is 0 Å². The van der Waals surface area contributed by atoms with Gasteiger partial charge < -0.3 is 25.4 Å². The van der Waals surface area contributed by atoms with Gasteiger partial charge >= 0.3 is 0 Å². The van der Waals surface area contributed by atoms with E-state index in [1.165, 1.54) is 24.1 Å². The summed E-state index contributed by atoms with van der Waals surface area (Å²) in [5.74, 6) is -0.221. The fourth-order valence-electron chi connectivity index (χ4n) is 2.62. The van der Waals surface area contributed by atoms with E-state index < -0.39 is 5.91 Å². The second kappa shape index (κ2) is 10.7. The molecule has 2 rings (SSSR count). The molecule has 0 unspecified atom stereocenters. The molecule has 0 saturated carbocycles. The first-order valence-electron chi connectivity index (χ1n) is 9.18. The maximum Gasteiger partial charge on any atom is 0.260 e. The average molecular weight is 399 g/mol. The molecule has 8 heteroatoms. The number of methoxy groups -OCH3 is 1. The number of anilines is 1. The molecule has 0 bridgehead atoms. The highest BCUT2D eigenvalue weighted by atomic mass is 16.5. The molecule has 3 amide bonds. The largest absolute Gasteiger partial charge is 0.495 e. The number of nitrogens with one attached hydrogen (secondary N) is 1. The lowest BCUT2D eigenvalue weighted by molar-refractivity contribution is -0.136.